The average Bonchev–Trinajstić information content (AvgIpc) is 2.46. The minimum Gasteiger partial charge on any atom is -0.381 e. The molecule has 0 radical (unpaired) electrons. The number of piperazine rings is 1. The molecule has 3 rings (SSSR count). The van der Waals surface area contributed by atoms with E-state index in [0.717, 1.165) is 43.0 Å². The topological polar surface area (TPSA) is 58.3 Å². The van der Waals surface area contributed by atoms with Crippen LogP contribution in [-0.4, -0.2) is 47.1 Å². The number of hydrogen-bond donors (Lipinski definition) is 1. The van der Waals surface area contributed by atoms with Crippen molar-refractivity contribution in [3.63, 3.8) is 0 Å². The molecular weight excluding hydrogens is 250 g/mol. The first-order chi connectivity index (χ1) is 9.69. The molecule has 1 saturated heterocycles. The van der Waals surface area contributed by atoms with Crippen LogP contribution in [0.5, 0.6) is 0 Å². The zero-order valence-electron chi connectivity index (χ0n) is 12.1. The maximum atomic E-state index is 6.10. The van der Waals surface area contributed by atoms with Crippen molar-refractivity contribution in [2.24, 2.45) is 0 Å². The third-order valence-electron chi connectivity index (χ3n) is 4.05. The molecular formula is C15H21N5. The molecule has 5 nitrogen and oxygen atoms in total. The summed E-state index contributed by atoms with van der Waals surface area (Å²) in [5, 5.41) is 0. The number of nitrogen functional groups attached to an aromatic ring is 1. The number of para-hydroxylation sites is 2. The van der Waals surface area contributed by atoms with Crippen LogP contribution in [0.2, 0.25) is 0 Å². The molecule has 1 fully saturated rings. The highest BCUT2D eigenvalue weighted by Gasteiger charge is 2.25. The average molecular weight is 271 g/mol. The van der Waals surface area contributed by atoms with Crippen molar-refractivity contribution in [1.82, 2.24) is 14.9 Å². The summed E-state index contributed by atoms with van der Waals surface area (Å²) in [7, 11) is 0. The number of rotatable bonds is 2. The van der Waals surface area contributed by atoms with Crippen molar-refractivity contribution in [3.8, 4) is 0 Å². The molecule has 0 spiro atoms. The lowest BCUT2D eigenvalue weighted by molar-refractivity contribution is 0.199. The summed E-state index contributed by atoms with van der Waals surface area (Å²) in [5.41, 5.74) is 7.86. The molecule has 2 heterocycles. The van der Waals surface area contributed by atoms with Gasteiger partial charge in [-0.3, -0.25) is 4.90 Å². The van der Waals surface area contributed by atoms with Crippen molar-refractivity contribution in [3.05, 3.63) is 24.3 Å². The predicted molar refractivity (Wildman–Crippen MR) is 82.9 cm³/mol. The first kappa shape index (κ1) is 13.1. The summed E-state index contributed by atoms with van der Waals surface area (Å²) in [6.07, 6.45) is 0. The van der Waals surface area contributed by atoms with Crippen molar-refractivity contribution < 1.29 is 0 Å². The van der Waals surface area contributed by atoms with Crippen molar-refractivity contribution in [2.75, 3.05) is 36.8 Å². The molecule has 2 aromatic rings. The van der Waals surface area contributed by atoms with E-state index < -0.39 is 0 Å². The number of nitrogens with two attached hydrogens (primary N) is 1. The Labute approximate surface area is 119 Å². The largest absolute Gasteiger partial charge is 0.381 e. The first-order valence-corrected chi connectivity index (χ1v) is 7.20. The first-order valence-electron chi connectivity index (χ1n) is 7.20. The molecule has 0 saturated carbocycles. The van der Waals surface area contributed by atoms with Gasteiger partial charge < -0.3 is 10.6 Å². The van der Waals surface area contributed by atoms with Crippen LogP contribution >= 0.6 is 0 Å². The summed E-state index contributed by atoms with van der Waals surface area (Å²) >= 11 is 0. The van der Waals surface area contributed by atoms with Gasteiger partial charge in [-0.2, -0.15) is 0 Å². The third kappa shape index (κ3) is 2.29. The number of anilines is 2. The highest BCUT2D eigenvalue weighted by molar-refractivity contribution is 5.79. The van der Waals surface area contributed by atoms with Gasteiger partial charge in [0.15, 0.2) is 11.6 Å². The summed E-state index contributed by atoms with van der Waals surface area (Å²) in [6.45, 7) is 8.50. The zero-order valence-corrected chi connectivity index (χ0v) is 12.1. The second-order valence-electron chi connectivity index (χ2n) is 5.34. The van der Waals surface area contributed by atoms with Gasteiger partial charge in [0.1, 0.15) is 0 Å². The molecule has 0 bridgehead atoms. The fraction of sp³-hybridized carbons (Fsp3) is 0.467. The van der Waals surface area contributed by atoms with Crippen LogP contribution in [0.25, 0.3) is 11.0 Å². The Morgan fingerprint density at radius 3 is 2.55 bits per heavy atom. The lowest BCUT2D eigenvalue weighted by Crippen LogP contribution is -2.52. The van der Waals surface area contributed by atoms with E-state index in [1.54, 1.807) is 0 Å². The number of likely N-dealkylation sites (N-methyl/N-ethyl adjacent to an activating group) is 1. The molecule has 0 amide bonds. The lowest BCUT2D eigenvalue weighted by atomic mass is 10.2. The summed E-state index contributed by atoms with van der Waals surface area (Å²) in [4.78, 5) is 13.9. The Balaban J connectivity index is 1.92. The maximum Gasteiger partial charge on any atom is 0.172 e. The van der Waals surface area contributed by atoms with E-state index in [1.807, 2.05) is 24.3 Å². The number of fused-ring (bicyclic) bond motifs is 1. The Kier molecular flexibility index (Phi) is 3.44. The van der Waals surface area contributed by atoms with Crippen molar-refractivity contribution in [2.45, 2.75) is 19.9 Å². The van der Waals surface area contributed by atoms with Crippen LogP contribution in [0, 0.1) is 0 Å². The van der Waals surface area contributed by atoms with Gasteiger partial charge >= 0.3 is 0 Å². The molecule has 1 unspecified atom stereocenters. The smallest absolute Gasteiger partial charge is 0.172 e. The fourth-order valence-corrected chi connectivity index (χ4v) is 2.89. The molecule has 20 heavy (non-hydrogen) atoms. The van der Waals surface area contributed by atoms with Crippen LogP contribution in [0.4, 0.5) is 11.6 Å². The molecule has 1 aromatic carbocycles. The third-order valence-corrected chi connectivity index (χ3v) is 4.05. The van der Waals surface area contributed by atoms with E-state index >= 15 is 0 Å². The van der Waals surface area contributed by atoms with E-state index in [2.05, 4.69) is 28.6 Å². The van der Waals surface area contributed by atoms with Gasteiger partial charge in [-0.05, 0) is 25.6 Å². The number of hydrogen-bond acceptors (Lipinski definition) is 5. The normalized spacial score (nSPS) is 20.5. The number of benzene rings is 1. The number of aromatic nitrogens is 2. The molecule has 0 aliphatic carbocycles. The predicted octanol–water partition coefficient (Wildman–Crippen LogP) is 1.74. The molecule has 5 heteroatoms. The van der Waals surface area contributed by atoms with Gasteiger partial charge in [0, 0.05) is 25.7 Å². The minimum absolute atomic E-state index is 0.515. The SMILES string of the molecule is CCN1CCN(c2nc3ccccc3nc2N)CC1C. The van der Waals surface area contributed by atoms with E-state index in [1.165, 1.54) is 0 Å². The Bertz CT molecular complexity index is 612. The minimum atomic E-state index is 0.515. The lowest BCUT2D eigenvalue weighted by Gasteiger charge is -2.40. The van der Waals surface area contributed by atoms with E-state index in [4.69, 9.17) is 10.7 Å². The Morgan fingerprint density at radius 2 is 1.90 bits per heavy atom. The Hall–Kier alpha value is -1.88. The second-order valence-corrected chi connectivity index (χ2v) is 5.34. The van der Waals surface area contributed by atoms with E-state index in [-0.39, 0.29) is 0 Å². The van der Waals surface area contributed by atoms with E-state index in [0.29, 0.717) is 11.9 Å². The van der Waals surface area contributed by atoms with Crippen LogP contribution in [0.15, 0.2) is 24.3 Å². The van der Waals surface area contributed by atoms with Gasteiger partial charge in [-0.1, -0.05) is 19.1 Å². The second kappa shape index (κ2) is 5.25. The summed E-state index contributed by atoms with van der Waals surface area (Å²) in [6, 6.07) is 8.38. The highest BCUT2D eigenvalue weighted by atomic mass is 15.3. The van der Waals surface area contributed by atoms with Crippen molar-refractivity contribution >= 4 is 22.7 Å². The monoisotopic (exact) mass is 271 g/mol. The van der Waals surface area contributed by atoms with Crippen LogP contribution in [0.1, 0.15) is 13.8 Å². The number of nitrogens with zero attached hydrogens (tertiary/aromatic N) is 4. The summed E-state index contributed by atoms with van der Waals surface area (Å²) < 4.78 is 0. The van der Waals surface area contributed by atoms with Gasteiger partial charge in [-0.15, -0.1) is 0 Å². The molecule has 1 aliphatic rings. The maximum absolute atomic E-state index is 6.10. The quantitative estimate of drug-likeness (QED) is 0.901. The molecule has 1 aliphatic heterocycles. The molecule has 2 N–H and O–H groups in total. The van der Waals surface area contributed by atoms with Crippen LogP contribution < -0.4 is 10.6 Å². The van der Waals surface area contributed by atoms with Crippen LogP contribution in [0.3, 0.4) is 0 Å². The zero-order chi connectivity index (χ0) is 14.1. The van der Waals surface area contributed by atoms with Crippen LogP contribution in [-0.2, 0) is 0 Å². The van der Waals surface area contributed by atoms with Gasteiger partial charge in [0.25, 0.3) is 0 Å². The van der Waals surface area contributed by atoms with Crippen molar-refractivity contribution in [1.29, 1.82) is 0 Å². The van der Waals surface area contributed by atoms with Gasteiger partial charge in [-0.25, -0.2) is 9.97 Å². The van der Waals surface area contributed by atoms with E-state index in [9.17, 15) is 0 Å². The summed E-state index contributed by atoms with van der Waals surface area (Å²) in [5.74, 6) is 1.35. The molecule has 106 valence electrons. The fourth-order valence-electron chi connectivity index (χ4n) is 2.89. The van der Waals surface area contributed by atoms with Gasteiger partial charge in [0.05, 0.1) is 11.0 Å². The molecule has 1 atom stereocenters. The standard InChI is InChI=1S/C15H21N5/c1-3-19-8-9-20(10-11(19)2)15-14(16)17-12-6-4-5-7-13(12)18-15/h4-7,11H,3,8-10H2,1-2H3,(H2,16,17). The van der Waals surface area contributed by atoms with Gasteiger partial charge in [0.2, 0.25) is 0 Å². The Morgan fingerprint density at radius 1 is 1.20 bits per heavy atom. The molecule has 1 aromatic heterocycles. The highest BCUT2D eigenvalue weighted by Crippen LogP contribution is 2.24.